The number of benzene rings is 1. The minimum Gasteiger partial charge on any atom is -0.307 e. The minimum atomic E-state index is -0.107. The van der Waals surface area contributed by atoms with Gasteiger partial charge in [-0.1, -0.05) is 36.1 Å². The highest BCUT2D eigenvalue weighted by Crippen LogP contribution is 2.26. The van der Waals surface area contributed by atoms with Crippen LogP contribution in [0.25, 0.3) is 6.08 Å². The lowest BCUT2D eigenvalue weighted by Gasteiger charge is -1.97. The number of nitrogens with one attached hydrogen (secondary N) is 1. The van der Waals surface area contributed by atoms with Crippen LogP contribution in [0.1, 0.15) is 5.56 Å². The smallest absolute Gasteiger partial charge is 0.263 e. The molecule has 2 rings (SSSR count). The zero-order valence-electron chi connectivity index (χ0n) is 8.52. The molecule has 1 aliphatic rings. The summed E-state index contributed by atoms with van der Waals surface area (Å²) in [6.45, 7) is 0. The van der Waals surface area contributed by atoms with E-state index in [9.17, 15) is 4.79 Å². The molecule has 82 valence electrons. The summed E-state index contributed by atoms with van der Waals surface area (Å²) in [5.41, 5.74) is 1.01. The molecule has 1 heterocycles. The number of hydrogen-bond acceptors (Lipinski definition) is 4. The summed E-state index contributed by atoms with van der Waals surface area (Å²) in [6, 6.07) is 8.06. The Bertz CT molecular complexity index is 465. The van der Waals surface area contributed by atoms with Gasteiger partial charge in [0, 0.05) is 4.90 Å². The monoisotopic (exact) mass is 267 g/mol. The molecule has 0 spiro atoms. The van der Waals surface area contributed by atoms with Crippen LogP contribution < -0.4 is 5.32 Å². The average molecular weight is 267 g/mol. The molecule has 1 N–H and O–H groups in total. The Hall–Kier alpha value is -0.780. The first-order chi connectivity index (χ1) is 7.69. The molecular formula is C11H9NOS3. The Balaban J connectivity index is 2.22. The Morgan fingerprint density at radius 1 is 1.38 bits per heavy atom. The highest BCUT2D eigenvalue weighted by molar-refractivity contribution is 8.26. The van der Waals surface area contributed by atoms with E-state index in [0.717, 1.165) is 5.56 Å². The SMILES string of the molecule is CSc1ccc(/C=C2\SC(=S)NC2=O)cc1. The third kappa shape index (κ3) is 2.66. The third-order valence-electron chi connectivity index (χ3n) is 2.06. The van der Waals surface area contributed by atoms with E-state index < -0.39 is 0 Å². The fourth-order valence-corrected chi connectivity index (χ4v) is 2.73. The quantitative estimate of drug-likeness (QED) is 0.507. The van der Waals surface area contributed by atoms with E-state index in [-0.39, 0.29) is 5.91 Å². The molecule has 0 aromatic heterocycles. The second kappa shape index (κ2) is 5.03. The first-order valence-electron chi connectivity index (χ1n) is 4.58. The summed E-state index contributed by atoms with van der Waals surface area (Å²) in [6.07, 6.45) is 3.88. The van der Waals surface area contributed by atoms with E-state index in [1.807, 2.05) is 36.6 Å². The summed E-state index contributed by atoms with van der Waals surface area (Å²) in [5.74, 6) is -0.107. The second-order valence-electron chi connectivity index (χ2n) is 3.13. The topological polar surface area (TPSA) is 29.1 Å². The van der Waals surface area contributed by atoms with Gasteiger partial charge in [0.15, 0.2) is 0 Å². The molecule has 1 saturated heterocycles. The lowest BCUT2D eigenvalue weighted by molar-refractivity contribution is -0.115. The van der Waals surface area contributed by atoms with Crippen molar-refractivity contribution in [2.75, 3.05) is 6.26 Å². The number of carbonyl (C=O) groups is 1. The van der Waals surface area contributed by atoms with Gasteiger partial charge in [0.1, 0.15) is 4.32 Å². The standard InChI is InChI=1S/C11H9NOS3/c1-15-8-4-2-7(3-5-8)6-9-10(13)12-11(14)16-9/h2-6H,1H3,(H,12,13,14)/b9-6-. The van der Waals surface area contributed by atoms with Crippen molar-refractivity contribution in [3.05, 3.63) is 34.7 Å². The summed E-state index contributed by atoms with van der Waals surface area (Å²) in [4.78, 5) is 13.3. The normalized spacial score (nSPS) is 17.9. The Labute approximate surface area is 108 Å². The number of thiocarbonyl (C=S) groups is 1. The zero-order chi connectivity index (χ0) is 11.5. The van der Waals surface area contributed by atoms with Crippen molar-refractivity contribution < 1.29 is 4.79 Å². The van der Waals surface area contributed by atoms with Crippen LogP contribution in [-0.4, -0.2) is 16.5 Å². The fraction of sp³-hybridized carbons (Fsp3) is 0.0909. The van der Waals surface area contributed by atoms with E-state index in [0.29, 0.717) is 9.23 Å². The van der Waals surface area contributed by atoms with E-state index in [1.54, 1.807) is 11.8 Å². The number of hydrogen-bond donors (Lipinski definition) is 1. The summed E-state index contributed by atoms with van der Waals surface area (Å²) >= 11 is 7.92. The molecule has 5 heteroatoms. The fourth-order valence-electron chi connectivity index (χ4n) is 1.27. The molecular weight excluding hydrogens is 258 g/mol. The molecule has 0 atom stereocenters. The van der Waals surface area contributed by atoms with Crippen LogP contribution >= 0.6 is 35.7 Å². The van der Waals surface area contributed by atoms with Gasteiger partial charge in [0.05, 0.1) is 4.91 Å². The molecule has 0 bridgehead atoms. The maximum absolute atomic E-state index is 11.4. The zero-order valence-corrected chi connectivity index (χ0v) is 11.0. The van der Waals surface area contributed by atoms with Crippen molar-refractivity contribution in [2.24, 2.45) is 0 Å². The number of rotatable bonds is 2. The van der Waals surface area contributed by atoms with Gasteiger partial charge in [-0.2, -0.15) is 0 Å². The first-order valence-corrected chi connectivity index (χ1v) is 7.03. The van der Waals surface area contributed by atoms with Crippen molar-refractivity contribution in [3.8, 4) is 0 Å². The molecule has 1 fully saturated rings. The highest BCUT2D eigenvalue weighted by atomic mass is 32.2. The van der Waals surface area contributed by atoms with Crippen LogP contribution in [-0.2, 0) is 4.79 Å². The minimum absolute atomic E-state index is 0.107. The van der Waals surface area contributed by atoms with Crippen LogP contribution in [0.3, 0.4) is 0 Å². The summed E-state index contributed by atoms with van der Waals surface area (Å²) < 4.78 is 0.525. The van der Waals surface area contributed by atoms with Crippen molar-refractivity contribution in [1.29, 1.82) is 0 Å². The molecule has 1 aliphatic heterocycles. The largest absolute Gasteiger partial charge is 0.307 e. The molecule has 0 saturated carbocycles. The molecule has 1 amide bonds. The van der Waals surface area contributed by atoms with Crippen LogP contribution in [0.5, 0.6) is 0 Å². The van der Waals surface area contributed by atoms with Crippen molar-refractivity contribution >= 4 is 52.0 Å². The Morgan fingerprint density at radius 3 is 2.56 bits per heavy atom. The maximum Gasteiger partial charge on any atom is 0.263 e. The molecule has 0 aliphatic carbocycles. The highest BCUT2D eigenvalue weighted by Gasteiger charge is 2.21. The Kier molecular flexibility index (Phi) is 3.68. The van der Waals surface area contributed by atoms with Gasteiger partial charge in [-0.15, -0.1) is 11.8 Å². The van der Waals surface area contributed by atoms with E-state index in [4.69, 9.17) is 12.2 Å². The molecule has 0 radical (unpaired) electrons. The predicted molar refractivity (Wildman–Crippen MR) is 74.5 cm³/mol. The lowest BCUT2D eigenvalue weighted by Crippen LogP contribution is -2.17. The van der Waals surface area contributed by atoms with Crippen LogP contribution in [0, 0.1) is 0 Å². The molecule has 1 aromatic carbocycles. The second-order valence-corrected chi connectivity index (χ2v) is 5.72. The van der Waals surface area contributed by atoms with Crippen LogP contribution in [0.15, 0.2) is 34.1 Å². The molecule has 2 nitrogen and oxygen atoms in total. The first kappa shape index (κ1) is 11.7. The third-order valence-corrected chi connectivity index (χ3v) is 3.96. The van der Waals surface area contributed by atoms with E-state index in [2.05, 4.69) is 5.32 Å². The lowest BCUT2D eigenvalue weighted by atomic mass is 10.2. The van der Waals surface area contributed by atoms with Gasteiger partial charge >= 0.3 is 0 Å². The average Bonchev–Trinajstić information content (AvgIpc) is 2.59. The van der Waals surface area contributed by atoms with E-state index in [1.165, 1.54) is 16.7 Å². The maximum atomic E-state index is 11.4. The van der Waals surface area contributed by atoms with Crippen LogP contribution in [0.4, 0.5) is 0 Å². The van der Waals surface area contributed by atoms with Gasteiger partial charge < -0.3 is 5.32 Å². The van der Waals surface area contributed by atoms with E-state index >= 15 is 0 Å². The molecule has 16 heavy (non-hydrogen) atoms. The predicted octanol–water partition coefficient (Wildman–Crippen LogP) is 2.90. The van der Waals surface area contributed by atoms with Gasteiger partial charge in [-0.25, -0.2) is 0 Å². The number of carbonyl (C=O) groups excluding carboxylic acids is 1. The van der Waals surface area contributed by atoms with Gasteiger partial charge in [0.2, 0.25) is 0 Å². The van der Waals surface area contributed by atoms with Gasteiger partial charge in [0.25, 0.3) is 5.91 Å². The Morgan fingerprint density at radius 2 is 2.06 bits per heavy atom. The molecule has 0 unspecified atom stereocenters. The molecule has 1 aromatic rings. The van der Waals surface area contributed by atoms with Crippen molar-refractivity contribution in [2.45, 2.75) is 4.90 Å². The summed E-state index contributed by atoms with van der Waals surface area (Å²) in [7, 11) is 0. The van der Waals surface area contributed by atoms with Gasteiger partial charge in [-0.05, 0) is 30.0 Å². The van der Waals surface area contributed by atoms with Gasteiger partial charge in [-0.3, -0.25) is 4.79 Å². The number of amides is 1. The number of thioether (sulfide) groups is 2. The van der Waals surface area contributed by atoms with Crippen molar-refractivity contribution in [1.82, 2.24) is 5.32 Å². The summed E-state index contributed by atoms with van der Waals surface area (Å²) in [5, 5.41) is 2.59. The van der Waals surface area contributed by atoms with Crippen LogP contribution in [0.2, 0.25) is 0 Å². The van der Waals surface area contributed by atoms with Crippen molar-refractivity contribution in [3.63, 3.8) is 0 Å².